The summed E-state index contributed by atoms with van der Waals surface area (Å²) in [7, 11) is -1.93. The van der Waals surface area contributed by atoms with E-state index in [1.165, 1.54) is 27.4 Å². The zero-order valence-corrected chi connectivity index (χ0v) is 38.4. The fourth-order valence-corrected chi connectivity index (χ4v) is 10.0. The van der Waals surface area contributed by atoms with Crippen molar-refractivity contribution in [1.29, 1.82) is 0 Å². The van der Waals surface area contributed by atoms with Crippen molar-refractivity contribution in [2.75, 3.05) is 4.90 Å². The van der Waals surface area contributed by atoms with Crippen molar-refractivity contribution >= 4 is 69.1 Å². The quantitative estimate of drug-likeness (QED) is 0.136. The molecule has 5 heteroatoms. The molecule has 2 aromatic heterocycles. The molecular formula is C60H50N2O2Si-. The monoisotopic (exact) mass is 858 g/mol. The number of furan rings is 1. The van der Waals surface area contributed by atoms with E-state index in [0.717, 1.165) is 78.3 Å². The molecule has 0 aliphatic rings. The number of benzene rings is 9. The van der Waals surface area contributed by atoms with Crippen LogP contribution in [-0.2, 0) is 0 Å². The van der Waals surface area contributed by atoms with Gasteiger partial charge in [0, 0.05) is 58.2 Å². The molecule has 9 aromatic carbocycles. The maximum absolute atomic E-state index is 6.59. The third-order valence-electron chi connectivity index (χ3n) is 13.5. The van der Waals surface area contributed by atoms with E-state index >= 15 is 0 Å². The van der Waals surface area contributed by atoms with Gasteiger partial charge in [0.1, 0.15) is 11.2 Å². The summed E-state index contributed by atoms with van der Waals surface area (Å²) >= 11 is 0. The number of nitrogens with zero attached hydrogens (tertiary/aromatic N) is 2. The van der Waals surface area contributed by atoms with Crippen molar-refractivity contribution in [2.45, 2.75) is 38.9 Å². The van der Waals surface area contributed by atoms with Crippen LogP contribution < -0.4 is 9.33 Å². The van der Waals surface area contributed by atoms with Crippen molar-refractivity contribution in [2.24, 2.45) is 0 Å². The van der Waals surface area contributed by atoms with Crippen molar-refractivity contribution in [3.63, 3.8) is 0 Å². The SMILES string of the molecule is CC(C)(C)[Si-](C)(C)Oc1ccc(-c2ccc(N(c3ccc(-c4ccc(-n5c6ccccc6c6ccccc65)cc4)cc3)c3ccc(-c4cccc5c4oc4ccccc45)cc3)cc2)cc1. The topological polar surface area (TPSA) is 30.5 Å². The molecule has 11 rings (SSSR count). The average Bonchev–Trinajstić information content (AvgIpc) is 3.89. The van der Waals surface area contributed by atoms with Gasteiger partial charge in [0.25, 0.3) is 0 Å². The van der Waals surface area contributed by atoms with Gasteiger partial charge >= 0.3 is 0 Å². The van der Waals surface area contributed by atoms with Crippen LogP contribution in [0.2, 0.25) is 18.1 Å². The number of anilines is 3. The van der Waals surface area contributed by atoms with Gasteiger partial charge in [-0.05, 0) is 107 Å². The number of fused-ring (bicyclic) bond motifs is 6. The summed E-state index contributed by atoms with van der Waals surface area (Å²) < 4.78 is 15.4. The number of rotatable bonds is 9. The minimum absolute atomic E-state index is 0.136. The Labute approximate surface area is 381 Å². The summed E-state index contributed by atoms with van der Waals surface area (Å²) in [6, 6.07) is 76.1. The number of aromatic nitrogens is 1. The van der Waals surface area contributed by atoms with E-state index < -0.39 is 8.32 Å². The molecule has 0 aliphatic carbocycles. The van der Waals surface area contributed by atoms with Gasteiger partial charge in [-0.1, -0.05) is 154 Å². The van der Waals surface area contributed by atoms with Gasteiger partial charge in [-0.3, -0.25) is 0 Å². The highest BCUT2D eigenvalue weighted by atomic mass is 28.4. The summed E-state index contributed by atoms with van der Waals surface area (Å²) in [5.41, 5.74) is 15.4. The molecule has 0 saturated heterocycles. The smallest absolute Gasteiger partial charge is 0.143 e. The predicted molar refractivity (Wildman–Crippen MR) is 277 cm³/mol. The summed E-state index contributed by atoms with van der Waals surface area (Å²) in [6.07, 6.45) is 0. The second kappa shape index (κ2) is 15.9. The van der Waals surface area contributed by atoms with Crippen LogP contribution in [0.25, 0.3) is 82.8 Å². The van der Waals surface area contributed by atoms with Crippen LogP contribution in [0, 0.1) is 0 Å². The minimum Gasteiger partial charge on any atom is -0.689 e. The first-order valence-electron chi connectivity index (χ1n) is 22.5. The molecule has 4 nitrogen and oxygen atoms in total. The Morgan fingerprint density at radius 1 is 0.431 bits per heavy atom. The largest absolute Gasteiger partial charge is 0.689 e. The van der Waals surface area contributed by atoms with Gasteiger partial charge in [0.2, 0.25) is 0 Å². The second-order valence-corrected chi connectivity index (χ2v) is 23.3. The first kappa shape index (κ1) is 40.2. The van der Waals surface area contributed by atoms with E-state index in [1.54, 1.807) is 0 Å². The lowest BCUT2D eigenvalue weighted by Crippen LogP contribution is -2.43. The molecule has 11 aromatic rings. The summed E-state index contributed by atoms with van der Waals surface area (Å²) in [6.45, 7) is 11.4. The van der Waals surface area contributed by atoms with E-state index in [1.807, 2.05) is 12.1 Å². The Balaban J connectivity index is 0.923. The zero-order valence-electron chi connectivity index (χ0n) is 37.4. The van der Waals surface area contributed by atoms with Crippen LogP contribution in [0.1, 0.15) is 20.8 Å². The van der Waals surface area contributed by atoms with Crippen LogP contribution in [0.15, 0.2) is 217 Å². The lowest BCUT2D eigenvalue weighted by molar-refractivity contribution is 0.492. The zero-order chi connectivity index (χ0) is 44.3. The minimum atomic E-state index is -1.93. The van der Waals surface area contributed by atoms with Gasteiger partial charge in [0.15, 0.2) is 0 Å². The van der Waals surface area contributed by atoms with Crippen LogP contribution in [0.3, 0.4) is 0 Å². The molecule has 317 valence electrons. The molecule has 65 heavy (non-hydrogen) atoms. The third kappa shape index (κ3) is 7.28. The maximum atomic E-state index is 6.59. The highest BCUT2D eigenvalue weighted by Crippen LogP contribution is 2.42. The van der Waals surface area contributed by atoms with Crippen molar-refractivity contribution in [3.05, 3.63) is 212 Å². The van der Waals surface area contributed by atoms with Crippen LogP contribution in [0.4, 0.5) is 17.1 Å². The van der Waals surface area contributed by atoms with E-state index in [4.69, 9.17) is 8.84 Å². The highest BCUT2D eigenvalue weighted by molar-refractivity contribution is 6.74. The number of hydrogen-bond acceptors (Lipinski definition) is 3. The Hall–Kier alpha value is -7.60. The summed E-state index contributed by atoms with van der Waals surface area (Å²) in [4.78, 5) is 2.33. The fourth-order valence-electron chi connectivity index (χ4n) is 8.98. The lowest BCUT2D eigenvalue weighted by Gasteiger charge is -2.48. The molecule has 0 amide bonds. The first-order valence-corrected chi connectivity index (χ1v) is 25.4. The number of para-hydroxylation sites is 4. The van der Waals surface area contributed by atoms with Crippen molar-refractivity contribution in [1.82, 2.24) is 4.57 Å². The molecular weight excluding hydrogens is 809 g/mol. The van der Waals surface area contributed by atoms with E-state index in [0.29, 0.717) is 0 Å². The van der Waals surface area contributed by atoms with Gasteiger partial charge in [0.05, 0.1) is 16.8 Å². The normalized spacial score (nSPS) is 12.1. The van der Waals surface area contributed by atoms with E-state index in [-0.39, 0.29) is 5.04 Å². The van der Waals surface area contributed by atoms with Gasteiger partial charge in [-0.15, -0.1) is 18.1 Å². The standard InChI is InChI=1S/C60H50N2O2Si/c1-60(2,3)65(4,5)64-50-39-29-44(30-40-50)43-23-33-47(34-24-43)61(48-37-27-45(28-38-48)51-16-12-17-55-54-15-8-11-20-58(54)63-59(51)55)46-31-21-41(22-32-46)42-25-35-49(36-26-42)62-56-18-9-6-13-52(56)53-14-7-10-19-57(53)62/h6-40H,1-5H3/q-1. The molecule has 0 N–H and O–H groups in total. The summed E-state index contributed by atoms with van der Waals surface area (Å²) in [5, 5.41) is 4.93. The molecule has 0 unspecified atom stereocenters. The fraction of sp³-hybridized carbons (Fsp3) is 0.100. The van der Waals surface area contributed by atoms with E-state index in [2.05, 4.69) is 244 Å². The molecule has 0 atom stereocenters. The molecule has 0 bridgehead atoms. The Morgan fingerprint density at radius 2 is 0.862 bits per heavy atom. The van der Waals surface area contributed by atoms with Crippen molar-refractivity contribution < 1.29 is 8.84 Å². The molecule has 2 heterocycles. The molecule has 0 saturated carbocycles. The Kier molecular flexibility index (Phi) is 9.82. The average molecular weight is 859 g/mol. The maximum Gasteiger partial charge on any atom is 0.143 e. The molecule has 0 aliphatic heterocycles. The lowest BCUT2D eigenvalue weighted by atomic mass is 10.0. The molecule has 0 radical (unpaired) electrons. The van der Waals surface area contributed by atoms with Crippen LogP contribution in [-0.4, -0.2) is 12.9 Å². The first-order chi connectivity index (χ1) is 31.6. The highest BCUT2D eigenvalue weighted by Gasteiger charge is 2.26. The van der Waals surface area contributed by atoms with Crippen LogP contribution >= 0.6 is 0 Å². The Morgan fingerprint density at radius 3 is 1.38 bits per heavy atom. The van der Waals surface area contributed by atoms with E-state index in [9.17, 15) is 0 Å². The van der Waals surface area contributed by atoms with Crippen molar-refractivity contribution in [3.8, 4) is 44.8 Å². The summed E-state index contributed by atoms with van der Waals surface area (Å²) in [5.74, 6) is 0.936. The molecule has 0 spiro atoms. The van der Waals surface area contributed by atoms with Gasteiger partial charge in [-0.25, -0.2) is 0 Å². The van der Waals surface area contributed by atoms with Gasteiger partial charge < -0.3 is 18.3 Å². The third-order valence-corrected chi connectivity index (χ3v) is 17.9. The van der Waals surface area contributed by atoms with Gasteiger partial charge in [-0.2, -0.15) is 0 Å². The Bertz CT molecular complexity index is 3430. The predicted octanol–water partition coefficient (Wildman–Crippen LogP) is 17.5. The number of hydrogen-bond donors (Lipinski definition) is 0. The van der Waals surface area contributed by atoms with Crippen LogP contribution in [0.5, 0.6) is 5.75 Å². The molecule has 0 fully saturated rings. The second-order valence-electron chi connectivity index (χ2n) is 18.6.